The van der Waals surface area contributed by atoms with Gasteiger partial charge in [0, 0.05) is 11.5 Å². The first-order valence-corrected chi connectivity index (χ1v) is 27.9. The molecule has 4 aromatic heterocycles. The van der Waals surface area contributed by atoms with Crippen LogP contribution in [0.4, 0.5) is 16.2 Å². The number of aromatic amines is 1. The Hall–Kier alpha value is -3.84. The van der Waals surface area contributed by atoms with Crippen LogP contribution in [0, 0.1) is 5.92 Å². The van der Waals surface area contributed by atoms with Crippen LogP contribution in [0.15, 0.2) is 54.1 Å². The number of amides is 2. The van der Waals surface area contributed by atoms with E-state index in [1.165, 1.54) is 39.9 Å². The molecule has 27 heteroatoms. The number of ether oxygens (including phenoxy) is 1. The van der Waals surface area contributed by atoms with Crippen molar-refractivity contribution in [3.63, 3.8) is 0 Å². The number of rotatable bonds is 8. The Balaban J connectivity index is 1.10. The minimum Gasteiger partial charge on any atom is -0.410 e. The van der Waals surface area contributed by atoms with Gasteiger partial charge in [0.15, 0.2) is 56.0 Å². The third kappa shape index (κ3) is 9.40. The minimum absolute atomic E-state index is 0.0536. The molecule has 5 aromatic rings. The number of nitrogens with zero attached hydrogens (tertiary/aromatic N) is 7. The number of carbonyl (C=O) groups excluding carboxylic acids is 2. The molecule has 344 valence electrons. The summed E-state index contributed by atoms with van der Waals surface area (Å²) in [6.45, 7) is 12.7. The Morgan fingerprint density at radius 2 is 1.78 bits per heavy atom. The van der Waals surface area contributed by atoms with Crippen molar-refractivity contribution >= 4 is 92.8 Å². The Morgan fingerprint density at radius 1 is 1.06 bits per heavy atom. The molecule has 10 atom stereocenters. The van der Waals surface area contributed by atoms with Crippen LogP contribution in [0.5, 0.6) is 0 Å². The Bertz CT molecular complexity index is 2710. The minimum atomic E-state index is -5.09. The van der Waals surface area contributed by atoms with Gasteiger partial charge in [0.1, 0.15) is 30.0 Å². The average molecular weight is 981 g/mol. The maximum atomic E-state index is 16.7. The van der Waals surface area contributed by atoms with Crippen molar-refractivity contribution in [3.05, 3.63) is 65.2 Å². The third-order valence-corrected chi connectivity index (χ3v) is 19.9. The van der Waals surface area contributed by atoms with Crippen LogP contribution < -0.4 is 16.2 Å². The molecule has 2 unspecified atom stereocenters. The van der Waals surface area contributed by atoms with Crippen LogP contribution >= 0.6 is 26.7 Å². The van der Waals surface area contributed by atoms with Crippen LogP contribution in [-0.2, 0) is 48.4 Å². The van der Waals surface area contributed by atoms with E-state index in [-0.39, 0.29) is 45.7 Å². The van der Waals surface area contributed by atoms with Gasteiger partial charge < -0.3 is 28.4 Å². The molecule has 64 heavy (non-hydrogen) atoms. The summed E-state index contributed by atoms with van der Waals surface area (Å²) in [6.07, 6.45) is -4.59. The van der Waals surface area contributed by atoms with E-state index in [1.54, 1.807) is 44.2 Å². The highest BCUT2D eigenvalue weighted by molar-refractivity contribution is 8.01. The molecule has 0 radical (unpaired) electrons. The van der Waals surface area contributed by atoms with Crippen molar-refractivity contribution in [2.45, 2.75) is 100 Å². The number of aromatic nitrogens is 8. The second kappa shape index (κ2) is 18.1. The zero-order valence-corrected chi connectivity index (χ0v) is 40.1. The summed E-state index contributed by atoms with van der Waals surface area (Å²) in [5.41, 5.74) is -0.00490. The normalized spacial score (nSPS) is 29.2. The highest BCUT2D eigenvalue weighted by Crippen LogP contribution is 2.56. The van der Waals surface area contributed by atoms with E-state index in [4.69, 9.17) is 39.1 Å². The average Bonchev–Trinajstić information content (AvgIpc) is 4.00. The summed E-state index contributed by atoms with van der Waals surface area (Å²) in [5, 5.41) is 3.41. The van der Waals surface area contributed by atoms with E-state index in [0.29, 0.717) is 5.56 Å². The van der Waals surface area contributed by atoms with Gasteiger partial charge >= 0.3 is 7.82 Å². The second-order valence-electron chi connectivity index (χ2n) is 17.1. The predicted octanol–water partition coefficient (Wildman–Crippen LogP) is 5.47. The number of phosphoric ester groups is 1. The van der Waals surface area contributed by atoms with E-state index in [2.05, 4.69) is 40.5 Å². The number of thioether (sulfide) groups is 1. The molecule has 0 spiro atoms. The SMILES string of the molecule is CC(C)C(=O)Nc1nc2c(ncn2[C@@H]2S[C@@H]3CO[PH](=S)O[C@H]4[C@H](F)[C@H](n5cnc6c(NC(=O)c7ccccc7)ncnc65)O[C@@H]4COP(=O)(O)O[C@@H]2[C@@H]3O[Si](C)(C)C(C)(C)C)c(=O)[nH]1. The van der Waals surface area contributed by atoms with Gasteiger partial charge in [-0.1, -0.05) is 52.8 Å². The van der Waals surface area contributed by atoms with Gasteiger partial charge in [-0.05, 0) is 42.1 Å². The molecule has 0 aliphatic carbocycles. The summed E-state index contributed by atoms with van der Waals surface area (Å²) in [7, 11) is -10.5. The number of nitrogens with one attached hydrogen (secondary N) is 3. The summed E-state index contributed by atoms with van der Waals surface area (Å²) < 4.78 is 70.8. The molecule has 21 nitrogen and oxygen atoms in total. The van der Waals surface area contributed by atoms with Crippen LogP contribution in [0.2, 0.25) is 18.1 Å². The lowest BCUT2D eigenvalue weighted by molar-refractivity contribution is -0.118. The standard InChI is InChI=1S/C37H47FN10O11P2S2Si/c1-18(2)31(49)45-36-44-30-24(33(51)46-36)42-17-48(30)35-27-26(59-64(6,7)37(3,4)5)21(63-35)14-54-60(62)57-25-20(13-55-61(52,53)58-27)56-34(22(25)38)47-16-41-23-28(39-15-40-29(23)47)43-32(50)19-11-9-8-10-12-19/h8-12,15-18,20-22,25-27,34-35,60H,13-14H2,1-7H3,(H,52,53)(H,39,40,43,50)(H2,44,45,46,49,51)/t20-,21-,22+,25-,26-,27-,34-,35-/m1/s1. The van der Waals surface area contributed by atoms with Crippen LogP contribution in [0.25, 0.3) is 22.3 Å². The van der Waals surface area contributed by atoms with E-state index in [9.17, 15) is 23.8 Å². The summed E-state index contributed by atoms with van der Waals surface area (Å²) in [6, 6.07) is 8.46. The van der Waals surface area contributed by atoms with E-state index in [1.807, 2.05) is 33.9 Å². The molecule has 2 bridgehead atoms. The lowest BCUT2D eigenvalue weighted by Gasteiger charge is -2.41. The largest absolute Gasteiger partial charge is 0.472 e. The molecule has 7 heterocycles. The zero-order valence-electron chi connectivity index (χ0n) is 35.5. The second-order valence-corrected chi connectivity index (χ2v) is 26.7. The fourth-order valence-electron chi connectivity index (χ4n) is 7.01. The molecular formula is C37H47FN10O11P2S2Si. The van der Waals surface area contributed by atoms with Gasteiger partial charge in [0.2, 0.25) is 11.9 Å². The first-order chi connectivity index (χ1) is 30.2. The number of carbonyl (C=O) groups is 2. The Morgan fingerprint density at radius 3 is 2.50 bits per heavy atom. The number of fused-ring (bicyclic) bond motifs is 5. The topological polar surface area (TPSA) is 258 Å². The first-order valence-electron chi connectivity index (χ1n) is 20.1. The number of phosphoric acid groups is 1. The number of benzene rings is 1. The fraction of sp³-hybridized carbons (Fsp3) is 0.514. The van der Waals surface area contributed by atoms with Crippen molar-refractivity contribution < 1.29 is 50.7 Å². The van der Waals surface area contributed by atoms with Crippen LogP contribution in [0.3, 0.4) is 0 Å². The van der Waals surface area contributed by atoms with Gasteiger partial charge in [-0.3, -0.25) is 42.9 Å². The molecule has 8 rings (SSSR count). The molecule has 0 saturated carbocycles. The number of alkyl halides is 1. The van der Waals surface area contributed by atoms with E-state index >= 15 is 4.39 Å². The summed E-state index contributed by atoms with van der Waals surface area (Å²) in [5.74, 6) is -1.31. The van der Waals surface area contributed by atoms with E-state index < -0.39 is 101 Å². The number of imidazole rings is 2. The van der Waals surface area contributed by atoms with Gasteiger partial charge in [-0.15, -0.1) is 11.8 Å². The maximum Gasteiger partial charge on any atom is 0.472 e. The van der Waals surface area contributed by atoms with Gasteiger partial charge in [0.05, 0.1) is 37.2 Å². The predicted molar refractivity (Wildman–Crippen MR) is 240 cm³/mol. The maximum absolute atomic E-state index is 16.7. The molecule has 3 saturated heterocycles. The molecule has 3 aliphatic rings. The number of hydrogen-bond acceptors (Lipinski definition) is 17. The smallest absolute Gasteiger partial charge is 0.410 e. The lowest BCUT2D eigenvalue weighted by atomic mass is 10.1. The summed E-state index contributed by atoms with van der Waals surface area (Å²) in [4.78, 5) is 74.4. The molecule has 4 N–H and O–H groups in total. The van der Waals surface area contributed by atoms with Gasteiger partial charge in [-0.25, -0.2) is 28.9 Å². The van der Waals surface area contributed by atoms with Crippen molar-refractivity contribution in [1.82, 2.24) is 39.0 Å². The lowest BCUT2D eigenvalue weighted by Crippen LogP contribution is -2.50. The molecule has 3 aliphatic heterocycles. The highest BCUT2D eigenvalue weighted by Gasteiger charge is 2.55. The Kier molecular flexibility index (Phi) is 13.2. The number of anilines is 2. The third-order valence-electron chi connectivity index (χ3n) is 11.4. The van der Waals surface area contributed by atoms with Crippen LogP contribution in [-0.4, -0.2) is 113 Å². The molecular weight excluding hydrogens is 934 g/mol. The van der Waals surface area contributed by atoms with Crippen LogP contribution in [0.1, 0.15) is 56.6 Å². The first kappa shape index (κ1) is 46.7. The van der Waals surface area contributed by atoms with E-state index in [0.717, 1.165) is 0 Å². The highest BCUT2D eigenvalue weighted by atomic mass is 32.4. The van der Waals surface area contributed by atoms with Crippen molar-refractivity contribution in [2.75, 3.05) is 23.8 Å². The quantitative estimate of drug-likeness (QED) is 0.111. The van der Waals surface area contributed by atoms with Crippen molar-refractivity contribution in [1.29, 1.82) is 0 Å². The zero-order chi connectivity index (χ0) is 45.9. The molecule has 1 aromatic carbocycles. The number of H-pyrrole nitrogens is 1. The monoisotopic (exact) mass is 980 g/mol. The molecule has 2 amide bonds. The van der Waals surface area contributed by atoms with Crippen molar-refractivity contribution in [2.24, 2.45) is 5.92 Å². The van der Waals surface area contributed by atoms with Crippen molar-refractivity contribution in [3.8, 4) is 0 Å². The number of halogens is 1. The van der Waals surface area contributed by atoms with Gasteiger partial charge in [-0.2, -0.15) is 4.98 Å². The summed E-state index contributed by atoms with van der Waals surface area (Å²) >= 11 is 6.95. The Labute approximate surface area is 376 Å². The fourth-order valence-corrected chi connectivity index (χ4v) is 12.5. The molecule has 3 fully saturated rings. The number of hydrogen-bond donors (Lipinski definition) is 4. The van der Waals surface area contributed by atoms with Gasteiger partial charge in [0.25, 0.3) is 11.5 Å².